The number of nitrogens with two attached hydrogens (primary N) is 1. The fourth-order valence-corrected chi connectivity index (χ4v) is 1.06. The zero-order chi connectivity index (χ0) is 9.30. The molecule has 0 amide bonds. The summed E-state index contributed by atoms with van der Waals surface area (Å²) in [4.78, 5) is 11.5. The zero-order valence-corrected chi connectivity index (χ0v) is 7.66. The third-order valence-electron chi connectivity index (χ3n) is 1.91. The summed E-state index contributed by atoms with van der Waals surface area (Å²) in [6.07, 6.45) is 1.80. The molecule has 1 aromatic rings. The summed E-state index contributed by atoms with van der Waals surface area (Å²) in [5.74, 6) is 0.663. The minimum Gasteiger partial charge on any atom is -0.385 e. The van der Waals surface area contributed by atoms with Crippen molar-refractivity contribution in [3.8, 4) is 0 Å². The van der Waals surface area contributed by atoms with E-state index >= 15 is 0 Å². The number of rotatable bonds is 2. The van der Waals surface area contributed by atoms with Gasteiger partial charge < -0.3 is 10.3 Å². The number of carbonyl (C=O) groups is 1. The van der Waals surface area contributed by atoms with Crippen LogP contribution in [0.2, 0.25) is 0 Å². The summed E-state index contributed by atoms with van der Waals surface area (Å²) >= 11 is 0. The minimum atomic E-state index is 0.00898. The molecule has 0 aliphatic rings. The lowest BCUT2D eigenvalue weighted by molar-refractivity contribution is 0.0940. The van der Waals surface area contributed by atoms with E-state index in [4.69, 9.17) is 5.73 Å². The van der Waals surface area contributed by atoms with Crippen LogP contribution >= 0.6 is 0 Å². The first kappa shape index (κ1) is 8.84. The number of hydrogen-bond donors (Lipinski definition) is 1. The van der Waals surface area contributed by atoms with Crippen LogP contribution in [0.15, 0.2) is 12.3 Å². The lowest BCUT2D eigenvalue weighted by Gasteiger charge is -2.03. The highest BCUT2D eigenvalue weighted by Crippen LogP contribution is 2.16. The van der Waals surface area contributed by atoms with E-state index in [-0.39, 0.29) is 11.7 Å². The van der Waals surface area contributed by atoms with Gasteiger partial charge in [-0.3, -0.25) is 4.79 Å². The number of ketones is 1. The van der Waals surface area contributed by atoms with Crippen LogP contribution in [0.3, 0.4) is 0 Å². The lowest BCUT2D eigenvalue weighted by atomic mass is 10.0. The molecule has 1 aromatic heterocycles. The van der Waals surface area contributed by atoms with E-state index in [1.807, 2.05) is 20.9 Å². The first-order valence-electron chi connectivity index (χ1n) is 3.99. The van der Waals surface area contributed by atoms with Crippen molar-refractivity contribution in [1.82, 2.24) is 4.57 Å². The number of nitrogens with zero attached hydrogens (tertiary/aromatic N) is 1. The van der Waals surface area contributed by atoms with Gasteiger partial charge in [-0.15, -0.1) is 0 Å². The molecule has 1 heterocycles. The first-order chi connectivity index (χ1) is 5.54. The summed E-state index contributed by atoms with van der Waals surface area (Å²) in [7, 11) is 1.83. The van der Waals surface area contributed by atoms with Crippen LogP contribution in [-0.4, -0.2) is 10.4 Å². The van der Waals surface area contributed by atoms with Crippen molar-refractivity contribution in [3.05, 3.63) is 17.8 Å². The Morgan fingerprint density at radius 2 is 2.17 bits per heavy atom. The Hall–Kier alpha value is -1.25. The van der Waals surface area contributed by atoms with Crippen molar-refractivity contribution in [1.29, 1.82) is 0 Å². The summed E-state index contributed by atoms with van der Waals surface area (Å²) in [5.41, 5.74) is 6.32. The molecule has 1 rings (SSSR count). The maximum atomic E-state index is 11.5. The van der Waals surface area contributed by atoms with E-state index in [1.165, 1.54) is 0 Å². The van der Waals surface area contributed by atoms with Gasteiger partial charge in [0.2, 0.25) is 0 Å². The molecule has 0 spiro atoms. The minimum absolute atomic E-state index is 0.00898. The number of nitrogen functional groups attached to an aromatic ring is 1. The van der Waals surface area contributed by atoms with E-state index in [0.717, 1.165) is 0 Å². The molecule has 66 valence electrons. The monoisotopic (exact) mass is 166 g/mol. The maximum Gasteiger partial charge on any atom is 0.169 e. The molecule has 0 atom stereocenters. The van der Waals surface area contributed by atoms with Crippen molar-refractivity contribution in [2.75, 3.05) is 5.73 Å². The zero-order valence-electron chi connectivity index (χ0n) is 7.66. The maximum absolute atomic E-state index is 11.5. The Balaban J connectivity index is 3.04. The van der Waals surface area contributed by atoms with Crippen LogP contribution in [0.1, 0.15) is 24.2 Å². The molecule has 3 nitrogen and oxygen atoms in total. The van der Waals surface area contributed by atoms with E-state index in [1.54, 1.807) is 16.8 Å². The fraction of sp³-hybridized carbons (Fsp3) is 0.444. The molecule has 0 fully saturated rings. The fourth-order valence-electron chi connectivity index (χ4n) is 1.06. The Kier molecular flexibility index (Phi) is 2.22. The molecule has 0 saturated heterocycles. The van der Waals surface area contributed by atoms with Gasteiger partial charge in [-0.1, -0.05) is 13.8 Å². The van der Waals surface area contributed by atoms with Gasteiger partial charge in [0.15, 0.2) is 5.78 Å². The summed E-state index contributed by atoms with van der Waals surface area (Å²) in [6, 6.07) is 1.76. The highest BCUT2D eigenvalue weighted by molar-refractivity contribution is 6.01. The predicted molar refractivity (Wildman–Crippen MR) is 49.0 cm³/mol. The Morgan fingerprint density at radius 1 is 1.58 bits per heavy atom. The molecular formula is C9H14N2O. The number of aromatic nitrogens is 1. The molecular weight excluding hydrogens is 152 g/mol. The normalized spacial score (nSPS) is 10.7. The highest BCUT2D eigenvalue weighted by atomic mass is 16.1. The van der Waals surface area contributed by atoms with Gasteiger partial charge in [0.05, 0.1) is 5.56 Å². The standard InChI is InChI=1S/C9H14N2O/c1-6(2)8(12)7-4-5-11(3)9(7)10/h4-6H,10H2,1-3H3. The number of hydrogen-bond acceptors (Lipinski definition) is 2. The smallest absolute Gasteiger partial charge is 0.169 e. The molecule has 0 aliphatic heterocycles. The van der Waals surface area contributed by atoms with Gasteiger partial charge in [-0.25, -0.2) is 0 Å². The average Bonchev–Trinajstić information content (AvgIpc) is 2.32. The van der Waals surface area contributed by atoms with Gasteiger partial charge in [-0.2, -0.15) is 0 Å². The van der Waals surface area contributed by atoms with E-state index in [2.05, 4.69) is 0 Å². The van der Waals surface area contributed by atoms with Gasteiger partial charge in [0, 0.05) is 19.2 Å². The third kappa shape index (κ3) is 1.35. The molecule has 0 bridgehead atoms. The van der Waals surface area contributed by atoms with Crippen molar-refractivity contribution in [2.24, 2.45) is 13.0 Å². The molecule has 2 N–H and O–H groups in total. The Labute approximate surface area is 72.2 Å². The van der Waals surface area contributed by atoms with Crippen LogP contribution in [0, 0.1) is 5.92 Å². The summed E-state index contributed by atoms with van der Waals surface area (Å²) in [5, 5.41) is 0. The van der Waals surface area contributed by atoms with Crippen LogP contribution < -0.4 is 5.73 Å². The van der Waals surface area contributed by atoms with Crippen molar-refractivity contribution < 1.29 is 4.79 Å². The number of anilines is 1. The lowest BCUT2D eigenvalue weighted by Crippen LogP contribution is -2.09. The van der Waals surface area contributed by atoms with Crippen molar-refractivity contribution >= 4 is 11.6 Å². The number of carbonyl (C=O) groups excluding carboxylic acids is 1. The molecule has 0 radical (unpaired) electrons. The molecule has 3 heteroatoms. The summed E-state index contributed by atoms with van der Waals surface area (Å²) in [6.45, 7) is 3.74. The van der Waals surface area contributed by atoms with Crippen LogP contribution in [-0.2, 0) is 7.05 Å². The van der Waals surface area contributed by atoms with Crippen LogP contribution in [0.25, 0.3) is 0 Å². The molecule has 12 heavy (non-hydrogen) atoms. The molecule has 0 unspecified atom stereocenters. The van der Waals surface area contributed by atoms with E-state index in [0.29, 0.717) is 11.4 Å². The van der Waals surface area contributed by atoms with Crippen LogP contribution in [0.4, 0.5) is 5.82 Å². The van der Waals surface area contributed by atoms with E-state index in [9.17, 15) is 4.79 Å². The molecule has 0 saturated carbocycles. The quantitative estimate of drug-likeness (QED) is 0.676. The van der Waals surface area contributed by atoms with Gasteiger partial charge in [-0.05, 0) is 6.07 Å². The second kappa shape index (κ2) is 3.01. The highest BCUT2D eigenvalue weighted by Gasteiger charge is 2.14. The predicted octanol–water partition coefficient (Wildman–Crippen LogP) is 1.45. The number of Topliss-reactive ketones (excluding diaryl/α,β-unsaturated/α-hetero) is 1. The largest absolute Gasteiger partial charge is 0.385 e. The van der Waals surface area contributed by atoms with Crippen LogP contribution in [0.5, 0.6) is 0 Å². The second-order valence-corrected chi connectivity index (χ2v) is 3.24. The number of aryl methyl sites for hydroxylation is 1. The van der Waals surface area contributed by atoms with Gasteiger partial charge in [0.1, 0.15) is 5.82 Å². The third-order valence-corrected chi connectivity index (χ3v) is 1.91. The van der Waals surface area contributed by atoms with Crippen molar-refractivity contribution in [2.45, 2.75) is 13.8 Å². The van der Waals surface area contributed by atoms with Gasteiger partial charge >= 0.3 is 0 Å². The van der Waals surface area contributed by atoms with E-state index < -0.39 is 0 Å². The molecule has 0 aromatic carbocycles. The molecule has 0 aliphatic carbocycles. The Bertz CT molecular complexity index is 299. The van der Waals surface area contributed by atoms with Crippen molar-refractivity contribution in [3.63, 3.8) is 0 Å². The SMILES string of the molecule is CC(C)C(=O)c1ccn(C)c1N. The summed E-state index contributed by atoms with van der Waals surface area (Å²) < 4.78 is 1.75. The second-order valence-electron chi connectivity index (χ2n) is 3.24. The first-order valence-corrected chi connectivity index (χ1v) is 3.99. The topological polar surface area (TPSA) is 48.0 Å². The average molecular weight is 166 g/mol. The van der Waals surface area contributed by atoms with Gasteiger partial charge in [0.25, 0.3) is 0 Å². The Morgan fingerprint density at radius 3 is 2.50 bits per heavy atom.